The summed E-state index contributed by atoms with van der Waals surface area (Å²) in [6, 6.07) is -0.00312. The molecule has 0 bridgehead atoms. The van der Waals surface area contributed by atoms with Crippen LogP contribution in [0.2, 0.25) is 0 Å². The van der Waals surface area contributed by atoms with Gasteiger partial charge in [-0.05, 0) is 86.3 Å². The van der Waals surface area contributed by atoms with Crippen LogP contribution in [0.25, 0.3) is 0 Å². The van der Waals surface area contributed by atoms with E-state index in [1.165, 1.54) is 18.9 Å². The molecule has 0 aliphatic heterocycles. The van der Waals surface area contributed by atoms with Crippen LogP contribution in [-0.2, 0) is 14.3 Å². The van der Waals surface area contributed by atoms with Gasteiger partial charge in [0.15, 0.2) is 0 Å². The second-order valence-electron chi connectivity index (χ2n) is 10.4. The molecule has 0 saturated heterocycles. The Labute approximate surface area is 179 Å². The number of nitrogens with zero attached hydrogens (tertiary/aromatic N) is 1. The summed E-state index contributed by atoms with van der Waals surface area (Å²) in [5.41, 5.74) is 1.71. The van der Waals surface area contributed by atoms with E-state index in [-0.39, 0.29) is 40.6 Å². The number of carbonyl (C=O) groups is 2. The van der Waals surface area contributed by atoms with Crippen molar-refractivity contribution in [2.45, 2.75) is 84.8 Å². The summed E-state index contributed by atoms with van der Waals surface area (Å²) >= 11 is 4.91. The van der Waals surface area contributed by atoms with E-state index in [1.54, 1.807) is 6.92 Å². The third-order valence-corrected chi connectivity index (χ3v) is 9.18. The van der Waals surface area contributed by atoms with Gasteiger partial charge in [-0.1, -0.05) is 25.5 Å². The van der Waals surface area contributed by atoms with Crippen LogP contribution in [0.5, 0.6) is 0 Å². The zero-order valence-corrected chi connectivity index (χ0v) is 18.9. The first kappa shape index (κ1) is 20.9. The topological polar surface area (TPSA) is 55.7 Å². The smallest absolute Gasteiger partial charge is 0.302 e. The molecular weight excluding hydrogens is 382 g/mol. The van der Waals surface area contributed by atoms with Crippen molar-refractivity contribution in [3.63, 3.8) is 0 Å². The average molecular weight is 416 g/mol. The van der Waals surface area contributed by atoms with Crippen molar-refractivity contribution in [1.82, 2.24) is 0 Å². The van der Waals surface area contributed by atoms with Crippen molar-refractivity contribution in [3.05, 3.63) is 11.6 Å². The molecule has 29 heavy (non-hydrogen) atoms. The molecule has 3 fully saturated rings. The molecule has 158 valence electrons. The second-order valence-corrected chi connectivity index (χ2v) is 10.6. The van der Waals surface area contributed by atoms with Crippen molar-refractivity contribution in [2.75, 3.05) is 0 Å². The average Bonchev–Trinajstić information content (AvgIpc) is 2.94. The zero-order valence-electron chi connectivity index (χ0n) is 18.1. The highest BCUT2D eigenvalue weighted by atomic mass is 32.1. The second kappa shape index (κ2) is 7.42. The number of ketones is 1. The van der Waals surface area contributed by atoms with Crippen LogP contribution >= 0.6 is 12.2 Å². The van der Waals surface area contributed by atoms with E-state index >= 15 is 0 Å². The number of hydrogen-bond acceptors (Lipinski definition) is 5. The molecule has 5 heteroatoms. The minimum Gasteiger partial charge on any atom is -0.462 e. The first-order valence-corrected chi connectivity index (χ1v) is 11.6. The Morgan fingerprint density at radius 3 is 2.62 bits per heavy atom. The molecule has 0 unspecified atom stereocenters. The van der Waals surface area contributed by atoms with Gasteiger partial charge in [-0.3, -0.25) is 9.59 Å². The van der Waals surface area contributed by atoms with Crippen LogP contribution in [0.3, 0.4) is 0 Å². The van der Waals surface area contributed by atoms with Crippen LogP contribution in [0.4, 0.5) is 0 Å². The molecule has 4 nitrogen and oxygen atoms in total. The minimum absolute atomic E-state index is 0.00312. The van der Waals surface area contributed by atoms with Gasteiger partial charge < -0.3 is 4.74 Å². The number of carbonyl (C=O) groups excluding carboxylic acids is 2. The lowest BCUT2D eigenvalue weighted by molar-refractivity contribution is -0.149. The lowest BCUT2D eigenvalue weighted by Gasteiger charge is -2.57. The van der Waals surface area contributed by atoms with Crippen LogP contribution < -0.4 is 0 Å². The summed E-state index contributed by atoms with van der Waals surface area (Å²) in [7, 11) is 0. The van der Waals surface area contributed by atoms with Crippen molar-refractivity contribution in [2.24, 2.45) is 39.5 Å². The standard InChI is InChI=1S/C24H33NO3S/c1-14(26)22-21(25-13-29)12-20-18-6-5-16-11-17(28-15(2)27)7-9-23(16,3)19(18)8-10-24(20,22)4/h5,17-22H,6-12H2,1-4H3/t17-,18-,19+,20+,21+,22+,23-,24-/m0/s1. The fourth-order valence-electron chi connectivity index (χ4n) is 7.91. The van der Waals surface area contributed by atoms with E-state index < -0.39 is 0 Å². The largest absolute Gasteiger partial charge is 0.462 e. The molecule has 8 atom stereocenters. The predicted octanol–water partition coefficient (Wildman–Crippen LogP) is 5.17. The van der Waals surface area contributed by atoms with Gasteiger partial charge in [0.1, 0.15) is 11.9 Å². The van der Waals surface area contributed by atoms with Gasteiger partial charge in [0.25, 0.3) is 0 Å². The molecule has 3 saturated carbocycles. The summed E-state index contributed by atoms with van der Waals surface area (Å²) in [6.07, 6.45) is 9.68. The van der Waals surface area contributed by atoms with Crippen LogP contribution in [0.1, 0.15) is 72.6 Å². The van der Waals surface area contributed by atoms with Crippen molar-refractivity contribution < 1.29 is 14.3 Å². The predicted molar refractivity (Wildman–Crippen MR) is 116 cm³/mol. The highest BCUT2D eigenvalue weighted by Crippen LogP contribution is 2.66. The molecule has 0 N–H and O–H groups in total. The monoisotopic (exact) mass is 415 g/mol. The number of esters is 1. The molecule has 0 aromatic rings. The van der Waals surface area contributed by atoms with E-state index in [0.717, 1.165) is 38.5 Å². The number of aliphatic imine (C=N–C) groups is 1. The fourth-order valence-corrected chi connectivity index (χ4v) is 8.04. The molecule has 0 heterocycles. The summed E-state index contributed by atoms with van der Waals surface area (Å²) < 4.78 is 5.54. The van der Waals surface area contributed by atoms with E-state index in [0.29, 0.717) is 17.8 Å². The number of hydrogen-bond donors (Lipinski definition) is 0. The molecule has 0 aromatic heterocycles. The number of isothiocyanates is 1. The quantitative estimate of drug-likeness (QED) is 0.276. The summed E-state index contributed by atoms with van der Waals surface area (Å²) in [5.74, 6) is 1.80. The maximum atomic E-state index is 12.6. The van der Waals surface area contributed by atoms with Crippen molar-refractivity contribution in [3.8, 4) is 0 Å². The van der Waals surface area contributed by atoms with Crippen molar-refractivity contribution in [1.29, 1.82) is 0 Å². The number of fused-ring (bicyclic) bond motifs is 5. The first-order valence-electron chi connectivity index (χ1n) is 11.1. The maximum absolute atomic E-state index is 12.6. The number of ether oxygens (including phenoxy) is 1. The Bertz CT molecular complexity index is 800. The molecule has 4 aliphatic rings. The van der Waals surface area contributed by atoms with Gasteiger partial charge in [0.05, 0.1) is 11.2 Å². The van der Waals surface area contributed by atoms with E-state index in [1.807, 2.05) is 0 Å². The van der Waals surface area contributed by atoms with Gasteiger partial charge in [0.2, 0.25) is 0 Å². The van der Waals surface area contributed by atoms with Gasteiger partial charge in [0, 0.05) is 19.3 Å². The molecule has 0 amide bonds. The van der Waals surface area contributed by atoms with E-state index in [4.69, 9.17) is 17.0 Å². The highest BCUT2D eigenvalue weighted by Gasteiger charge is 2.62. The Kier molecular flexibility index (Phi) is 5.36. The lowest BCUT2D eigenvalue weighted by atomic mass is 9.47. The number of rotatable bonds is 3. The van der Waals surface area contributed by atoms with E-state index in [2.05, 4.69) is 30.1 Å². The van der Waals surface area contributed by atoms with Crippen LogP contribution in [0, 0.1) is 34.5 Å². The number of thiocarbonyl (C=S) groups is 1. The lowest BCUT2D eigenvalue weighted by Crippen LogP contribution is -2.51. The molecule has 0 aromatic carbocycles. The van der Waals surface area contributed by atoms with E-state index in [9.17, 15) is 9.59 Å². The van der Waals surface area contributed by atoms with Crippen LogP contribution in [0.15, 0.2) is 16.6 Å². The molecule has 0 radical (unpaired) electrons. The summed E-state index contributed by atoms with van der Waals surface area (Å²) in [5, 5.41) is 2.57. The Morgan fingerprint density at radius 1 is 1.21 bits per heavy atom. The van der Waals surface area contributed by atoms with Gasteiger partial charge in [-0.15, -0.1) is 0 Å². The third-order valence-electron chi connectivity index (χ3n) is 9.08. The summed E-state index contributed by atoms with van der Waals surface area (Å²) in [6.45, 7) is 8.00. The maximum Gasteiger partial charge on any atom is 0.302 e. The first-order chi connectivity index (χ1) is 13.7. The van der Waals surface area contributed by atoms with Gasteiger partial charge in [-0.25, -0.2) is 4.99 Å². The van der Waals surface area contributed by atoms with Gasteiger partial charge in [-0.2, -0.15) is 0 Å². The third kappa shape index (κ3) is 3.25. The molecule has 0 spiro atoms. The normalized spacial score (nSPS) is 45.7. The molecular formula is C24H33NO3S. The van der Waals surface area contributed by atoms with Crippen molar-refractivity contribution >= 4 is 29.1 Å². The Balaban J connectivity index is 1.63. The minimum atomic E-state index is -0.173. The highest BCUT2D eigenvalue weighted by molar-refractivity contribution is 7.78. The zero-order chi connectivity index (χ0) is 21.0. The number of Topliss-reactive ketones (excluding diaryl/α,β-unsaturated/α-hetero) is 1. The molecule has 4 rings (SSSR count). The Hall–Kier alpha value is -1.32. The van der Waals surface area contributed by atoms with Crippen LogP contribution in [-0.4, -0.2) is 29.1 Å². The number of allylic oxidation sites excluding steroid dienone is 1. The summed E-state index contributed by atoms with van der Waals surface area (Å²) in [4.78, 5) is 28.5. The van der Waals surface area contributed by atoms with Gasteiger partial charge >= 0.3 is 5.97 Å². The molecule has 4 aliphatic carbocycles. The fraction of sp³-hybridized carbons (Fsp3) is 0.792. The Morgan fingerprint density at radius 2 is 1.97 bits per heavy atom. The SMILES string of the molecule is CC(=O)O[C@H]1CC[C@@]2(C)C(=CC[C@@H]3[C@H]4C[C@@H](N=C=S)[C@@H](C(C)=O)[C@@]4(C)CC[C@H]32)C1.